The first kappa shape index (κ1) is 24.1. The van der Waals surface area contributed by atoms with Crippen LogP contribution < -0.4 is 0 Å². The molecule has 0 aliphatic heterocycles. The molecule has 1 unspecified atom stereocenters. The summed E-state index contributed by atoms with van der Waals surface area (Å²) in [5.41, 5.74) is 17.9. The van der Waals surface area contributed by atoms with Crippen LogP contribution in [0.25, 0.3) is 81.0 Å². The van der Waals surface area contributed by atoms with E-state index in [-0.39, 0.29) is 0 Å². The van der Waals surface area contributed by atoms with Gasteiger partial charge in [-0.25, -0.2) is 0 Å². The predicted molar refractivity (Wildman–Crippen MR) is 192 cm³/mol. The molecule has 45 heavy (non-hydrogen) atoms. The summed E-state index contributed by atoms with van der Waals surface area (Å²) in [6.07, 6.45) is 3.54. The van der Waals surface area contributed by atoms with E-state index in [0.717, 1.165) is 6.42 Å². The Morgan fingerprint density at radius 3 is 1.91 bits per heavy atom. The van der Waals surface area contributed by atoms with Crippen LogP contribution in [-0.2, 0) is 0 Å². The minimum absolute atomic E-state index is 0.468. The van der Waals surface area contributed by atoms with Crippen molar-refractivity contribution in [3.05, 3.63) is 162 Å². The zero-order chi connectivity index (χ0) is 29.2. The van der Waals surface area contributed by atoms with Gasteiger partial charge in [-0.15, -0.1) is 11.3 Å². The molecule has 208 valence electrons. The zero-order valence-corrected chi connectivity index (χ0v) is 25.3. The Hall–Kier alpha value is -5.24. The summed E-state index contributed by atoms with van der Waals surface area (Å²) in [6.45, 7) is 0. The Bertz CT molecular complexity index is 2600. The second kappa shape index (κ2) is 8.69. The van der Waals surface area contributed by atoms with E-state index in [1.54, 1.807) is 0 Å². The highest BCUT2D eigenvalue weighted by atomic mass is 32.1. The van der Waals surface area contributed by atoms with Crippen molar-refractivity contribution in [1.82, 2.24) is 0 Å². The predicted octanol–water partition coefficient (Wildman–Crippen LogP) is 12.5. The van der Waals surface area contributed by atoms with Crippen LogP contribution in [0.4, 0.5) is 0 Å². The molecule has 1 atom stereocenters. The molecule has 0 amide bonds. The van der Waals surface area contributed by atoms with Gasteiger partial charge in [0.1, 0.15) is 0 Å². The maximum absolute atomic E-state index is 2.49. The van der Waals surface area contributed by atoms with Crippen molar-refractivity contribution in [1.29, 1.82) is 0 Å². The first-order chi connectivity index (χ1) is 22.3. The van der Waals surface area contributed by atoms with Gasteiger partial charge in [0.05, 0.1) is 0 Å². The van der Waals surface area contributed by atoms with Gasteiger partial charge in [0, 0.05) is 26.1 Å². The molecule has 3 aliphatic rings. The average Bonchev–Trinajstić information content (AvgIpc) is 3.75. The highest BCUT2D eigenvalue weighted by molar-refractivity contribution is 7.25. The van der Waals surface area contributed by atoms with E-state index in [1.807, 2.05) is 11.3 Å². The third kappa shape index (κ3) is 3.16. The highest BCUT2D eigenvalue weighted by Crippen LogP contribution is 2.53. The zero-order valence-electron chi connectivity index (χ0n) is 24.5. The van der Waals surface area contributed by atoms with E-state index in [9.17, 15) is 0 Å². The molecule has 11 rings (SSSR count). The van der Waals surface area contributed by atoms with Gasteiger partial charge in [0.25, 0.3) is 0 Å². The first-order valence-corrected chi connectivity index (χ1v) is 16.7. The largest absolute Gasteiger partial charge is 0.135 e. The SMILES string of the molecule is C1=C(c2ccc3sc4ccc(-c5ccc6c7c(cccc57)-c5ccccc5-6)cc4c3c2)c2cccc3c2C(C1)c1ccccc1-3. The van der Waals surface area contributed by atoms with E-state index in [1.165, 1.54) is 103 Å². The summed E-state index contributed by atoms with van der Waals surface area (Å²) in [5, 5.41) is 5.42. The lowest BCUT2D eigenvalue weighted by atomic mass is 9.80. The van der Waals surface area contributed by atoms with Gasteiger partial charge < -0.3 is 0 Å². The van der Waals surface area contributed by atoms with Crippen molar-refractivity contribution in [3.63, 3.8) is 0 Å². The molecule has 0 nitrogen and oxygen atoms in total. The van der Waals surface area contributed by atoms with Crippen LogP contribution in [0.2, 0.25) is 0 Å². The van der Waals surface area contributed by atoms with E-state index in [2.05, 4.69) is 140 Å². The van der Waals surface area contributed by atoms with Gasteiger partial charge in [0.15, 0.2) is 0 Å². The number of hydrogen-bond acceptors (Lipinski definition) is 1. The standard InChI is InChI=1S/C44H26S/c1-3-9-31-29(7-1)35-13-5-11-33-27(17-19-37(31)43(33)35)25-15-21-41-39(23-25)40-24-26(16-22-42(40)45-41)28-18-20-38-32-10-4-2-8-30(32)36-14-6-12-34(28)44(36)38/h1-19,21-24,38H,20H2. The lowest BCUT2D eigenvalue weighted by Crippen LogP contribution is -2.06. The van der Waals surface area contributed by atoms with Crippen LogP contribution in [0.3, 0.4) is 0 Å². The van der Waals surface area contributed by atoms with Gasteiger partial charge in [-0.3, -0.25) is 0 Å². The number of fused-ring (bicyclic) bond motifs is 9. The number of thiophene rings is 1. The fourth-order valence-electron chi connectivity index (χ4n) is 8.65. The van der Waals surface area contributed by atoms with Crippen molar-refractivity contribution < 1.29 is 0 Å². The van der Waals surface area contributed by atoms with Crippen molar-refractivity contribution in [2.24, 2.45) is 0 Å². The van der Waals surface area contributed by atoms with E-state index in [0.29, 0.717) is 5.92 Å². The molecule has 1 aromatic heterocycles. The Balaban J connectivity index is 1.07. The van der Waals surface area contributed by atoms with Crippen molar-refractivity contribution >= 4 is 47.9 Å². The van der Waals surface area contributed by atoms with E-state index >= 15 is 0 Å². The van der Waals surface area contributed by atoms with Crippen LogP contribution in [0.15, 0.2) is 140 Å². The quantitative estimate of drug-likeness (QED) is 0.189. The lowest BCUT2D eigenvalue weighted by Gasteiger charge is -2.23. The molecular weight excluding hydrogens is 561 g/mol. The van der Waals surface area contributed by atoms with Gasteiger partial charge in [-0.1, -0.05) is 115 Å². The average molecular weight is 587 g/mol. The van der Waals surface area contributed by atoms with E-state index in [4.69, 9.17) is 0 Å². The van der Waals surface area contributed by atoms with Gasteiger partial charge in [0.2, 0.25) is 0 Å². The van der Waals surface area contributed by atoms with Crippen LogP contribution >= 0.6 is 11.3 Å². The summed E-state index contributed by atoms with van der Waals surface area (Å²) in [4.78, 5) is 0. The Morgan fingerprint density at radius 2 is 1.07 bits per heavy atom. The maximum Gasteiger partial charge on any atom is 0.0355 e. The molecule has 3 aliphatic carbocycles. The number of allylic oxidation sites excluding steroid dienone is 1. The molecule has 1 heterocycles. The summed E-state index contributed by atoms with van der Waals surface area (Å²) in [7, 11) is 0. The summed E-state index contributed by atoms with van der Waals surface area (Å²) in [6, 6.07) is 50.4. The Morgan fingerprint density at radius 1 is 0.444 bits per heavy atom. The van der Waals surface area contributed by atoms with Crippen molar-refractivity contribution in [2.75, 3.05) is 0 Å². The summed E-state index contributed by atoms with van der Waals surface area (Å²) < 4.78 is 2.69. The minimum atomic E-state index is 0.468. The number of benzene rings is 7. The van der Waals surface area contributed by atoms with Crippen molar-refractivity contribution in [2.45, 2.75) is 12.3 Å². The second-order valence-corrected chi connectivity index (χ2v) is 13.8. The maximum atomic E-state index is 2.49. The molecular formula is C44H26S. The van der Waals surface area contributed by atoms with Crippen LogP contribution in [0, 0.1) is 0 Å². The van der Waals surface area contributed by atoms with Crippen LogP contribution in [0.5, 0.6) is 0 Å². The monoisotopic (exact) mass is 586 g/mol. The fourth-order valence-corrected chi connectivity index (χ4v) is 9.72. The van der Waals surface area contributed by atoms with E-state index < -0.39 is 0 Å². The molecule has 7 aromatic carbocycles. The molecule has 0 bridgehead atoms. The Kier molecular flexibility index (Phi) is 4.66. The van der Waals surface area contributed by atoms with Gasteiger partial charge >= 0.3 is 0 Å². The van der Waals surface area contributed by atoms with Crippen molar-refractivity contribution in [3.8, 4) is 44.5 Å². The van der Waals surface area contributed by atoms with Gasteiger partial charge in [-0.2, -0.15) is 0 Å². The second-order valence-electron chi connectivity index (χ2n) is 12.7. The molecule has 8 aromatic rings. The molecule has 0 spiro atoms. The third-order valence-electron chi connectivity index (χ3n) is 10.6. The summed E-state index contributed by atoms with van der Waals surface area (Å²) >= 11 is 1.90. The lowest BCUT2D eigenvalue weighted by molar-refractivity contribution is 0.840. The topological polar surface area (TPSA) is 0 Å². The fraction of sp³-hybridized carbons (Fsp3) is 0.0455. The smallest absolute Gasteiger partial charge is 0.0355 e. The first-order valence-electron chi connectivity index (χ1n) is 15.9. The van der Waals surface area contributed by atoms with Crippen LogP contribution in [0.1, 0.15) is 34.6 Å². The molecule has 0 saturated heterocycles. The Labute approximate surface area is 265 Å². The molecule has 1 heteroatoms. The molecule has 0 radical (unpaired) electrons. The molecule has 0 fully saturated rings. The normalized spacial score (nSPS) is 15.4. The summed E-state index contributed by atoms with van der Waals surface area (Å²) in [5.74, 6) is 0.468. The minimum Gasteiger partial charge on any atom is -0.135 e. The molecule has 0 saturated carbocycles. The van der Waals surface area contributed by atoms with Gasteiger partial charge in [-0.05, 0) is 114 Å². The number of hydrogen-bond donors (Lipinski definition) is 0. The highest BCUT2D eigenvalue weighted by Gasteiger charge is 2.33. The third-order valence-corrected chi connectivity index (χ3v) is 11.7. The van der Waals surface area contributed by atoms with Crippen LogP contribution in [-0.4, -0.2) is 0 Å². The molecule has 0 N–H and O–H groups in total. The number of rotatable bonds is 2.